The van der Waals surface area contributed by atoms with Gasteiger partial charge in [0, 0.05) is 0 Å². The van der Waals surface area contributed by atoms with E-state index in [1.54, 1.807) is 6.08 Å². The normalized spacial score (nSPS) is 12.4. The molecule has 0 fully saturated rings. The van der Waals surface area contributed by atoms with Crippen LogP contribution in [0.15, 0.2) is 48.1 Å². The fourth-order valence-electron chi connectivity index (χ4n) is 1.32. The number of aliphatic hydroxyl groups is 1. The van der Waals surface area contributed by atoms with E-state index >= 15 is 0 Å². The second-order valence-corrected chi connectivity index (χ2v) is 4.18. The van der Waals surface area contributed by atoms with Gasteiger partial charge in [0.2, 0.25) is 0 Å². The molecule has 1 aromatic carbocycles. The van der Waals surface area contributed by atoms with Crippen molar-refractivity contribution in [3.8, 4) is 0 Å². The molecule has 17 heavy (non-hydrogen) atoms. The van der Waals surface area contributed by atoms with Crippen molar-refractivity contribution in [2.24, 2.45) is 0 Å². The monoisotopic (exact) mass is 230 g/mol. The maximum absolute atomic E-state index is 11.6. The zero-order valence-electron chi connectivity index (χ0n) is 10.3. The van der Waals surface area contributed by atoms with Crippen molar-refractivity contribution in [3.63, 3.8) is 0 Å². The van der Waals surface area contributed by atoms with Gasteiger partial charge in [-0.3, -0.25) is 4.79 Å². The summed E-state index contributed by atoms with van der Waals surface area (Å²) in [7, 11) is 0. The predicted octanol–water partition coefficient (Wildman–Crippen LogP) is 2.99. The first-order valence-corrected chi connectivity index (χ1v) is 5.68. The van der Waals surface area contributed by atoms with Gasteiger partial charge in [0.15, 0.2) is 5.78 Å². The topological polar surface area (TPSA) is 37.3 Å². The highest BCUT2D eigenvalue weighted by Gasteiger charge is 2.09. The standard InChI is InChI=1S/C15H18O2/c1-12(2)8-10-14(16)15(17)11-9-13-6-4-3-5-7-13/h3-9,11,14,16H,10H2,1-2H3/b11-9+. The zero-order chi connectivity index (χ0) is 12.7. The van der Waals surface area contributed by atoms with Crippen LogP contribution in [0, 0.1) is 0 Å². The molecular weight excluding hydrogens is 212 g/mol. The molecule has 2 heteroatoms. The summed E-state index contributed by atoms with van der Waals surface area (Å²) in [6, 6.07) is 9.55. The molecule has 1 rings (SSSR count). The van der Waals surface area contributed by atoms with E-state index in [2.05, 4.69) is 0 Å². The predicted molar refractivity (Wildman–Crippen MR) is 70.5 cm³/mol. The van der Waals surface area contributed by atoms with Crippen LogP contribution in [0.25, 0.3) is 6.08 Å². The van der Waals surface area contributed by atoms with Crippen LogP contribution >= 0.6 is 0 Å². The summed E-state index contributed by atoms with van der Waals surface area (Å²) in [5.74, 6) is -0.258. The number of ketones is 1. The molecule has 0 bridgehead atoms. The van der Waals surface area contributed by atoms with Gasteiger partial charge in [-0.1, -0.05) is 48.1 Å². The lowest BCUT2D eigenvalue weighted by Crippen LogP contribution is -2.16. The molecule has 90 valence electrons. The fraction of sp³-hybridized carbons (Fsp3) is 0.267. The number of hydrogen-bond acceptors (Lipinski definition) is 2. The van der Waals surface area contributed by atoms with Crippen molar-refractivity contribution in [1.82, 2.24) is 0 Å². The highest BCUT2D eigenvalue weighted by molar-refractivity contribution is 5.96. The maximum Gasteiger partial charge on any atom is 0.184 e. The summed E-state index contributed by atoms with van der Waals surface area (Å²) < 4.78 is 0. The van der Waals surface area contributed by atoms with E-state index in [1.807, 2.05) is 50.3 Å². The van der Waals surface area contributed by atoms with Crippen molar-refractivity contribution in [2.75, 3.05) is 0 Å². The number of hydrogen-bond donors (Lipinski definition) is 1. The average Bonchev–Trinajstić information content (AvgIpc) is 2.34. The van der Waals surface area contributed by atoms with Gasteiger partial charge < -0.3 is 5.11 Å². The molecule has 1 aromatic rings. The second kappa shape index (κ2) is 6.81. The molecule has 0 amide bonds. The first kappa shape index (κ1) is 13.4. The summed E-state index contributed by atoms with van der Waals surface area (Å²) in [6.45, 7) is 3.88. The molecule has 0 radical (unpaired) electrons. The number of rotatable bonds is 5. The summed E-state index contributed by atoms with van der Waals surface area (Å²) >= 11 is 0. The van der Waals surface area contributed by atoms with Gasteiger partial charge in [0.1, 0.15) is 6.10 Å². The largest absolute Gasteiger partial charge is 0.385 e. The molecule has 0 heterocycles. The lowest BCUT2D eigenvalue weighted by molar-refractivity contribution is -0.122. The molecular formula is C15H18O2. The highest BCUT2D eigenvalue weighted by Crippen LogP contribution is 2.04. The van der Waals surface area contributed by atoms with Crippen molar-refractivity contribution in [2.45, 2.75) is 26.4 Å². The molecule has 0 aromatic heterocycles. The minimum atomic E-state index is -0.940. The van der Waals surface area contributed by atoms with Gasteiger partial charge in [-0.05, 0) is 31.9 Å². The lowest BCUT2D eigenvalue weighted by atomic mass is 10.1. The quantitative estimate of drug-likeness (QED) is 0.623. The van der Waals surface area contributed by atoms with Crippen molar-refractivity contribution in [1.29, 1.82) is 0 Å². The minimum Gasteiger partial charge on any atom is -0.385 e. The summed E-state index contributed by atoms with van der Waals surface area (Å²) in [5.41, 5.74) is 2.05. The Kier molecular flexibility index (Phi) is 5.37. The maximum atomic E-state index is 11.6. The Morgan fingerprint density at radius 2 is 1.94 bits per heavy atom. The van der Waals surface area contributed by atoms with Crippen LogP contribution < -0.4 is 0 Å². The van der Waals surface area contributed by atoms with Gasteiger partial charge in [-0.15, -0.1) is 0 Å². The van der Waals surface area contributed by atoms with Crippen LogP contribution in [-0.2, 0) is 4.79 Å². The van der Waals surface area contributed by atoms with Crippen LogP contribution in [0.1, 0.15) is 25.8 Å². The first-order valence-electron chi connectivity index (χ1n) is 5.68. The number of allylic oxidation sites excluding steroid dienone is 1. The van der Waals surface area contributed by atoms with Crippen LogP contribution in [0.3, 0.4) is 0 Å². The van der Waals surface area contributed by atoms with Crippen LogP contribution in [0.5, 0.6) is 0 Å². The van der Waals surface area contributed by atoms with Crippen LogP contribution in [0.2, 0.25) is 0 Å². The fourth-order valence-corrected chi connectivity index (χ4v) is 1.32. The molecule has 2 nitrogen and oxygen atoms in total. The van der Waals surface area contributed by atoms with E-state index in [-0.39, 0.29) is 5.78 Å². The Bertz CT molecular complexity index is 412. The molecule has 0 aliphatic rings. The zero-order valence-corrected chi connectivity index (χ0v) is 10.3. The molecule has 0 aliphatic heterocycles. The van der Waals surface area contributed by atoms with Gasteiger partial charge in [-0.2, -0.15) is 0 Å². The van der Waals surface area contributed by atoms with E-state index in [9.17, 15) is 9.90 Å². The first-order chi connectivity index (χ1) is 8.09. The van der Waals surface area contributed by atoms with E-state index in [1.165, 1.54) is 6.08 Å². The van der Waals surface area contributed by atoms with Gasteiger partial charge in [0.05, 0.1) is 0 Å². The Labute approximate surface area is 102 Å². The third-order valence-corrected chi connectivity index (χ3v) is 2.32. The highest BCUT2D eigenvalue weighted by atomic mass is 16.3. The lowest BCUT2D eigenvalue weighted by Gasteiger charge is -2.03. The molecule has 1 unspecified atom stereocenters. The molecule has 0 saturated carbocycles. The molecule has 0 spiro atoms. The Morgan fingerprint density at radius 3 is 2.53 bits per heavy atom. The molecule has 0 saturated heterocycles. The van der Waals surface area contributed by atoms with Crippen LogP contribution in [0.4, 0.5) is 0 Å². The van der Waals surface area contributed by atoms with Gasteiger partial charge in [-0.25, -0.2) is 0 Å². The number of aliphatic hydroxyl groups excluding tert-OH is 1. The Hall–Kier alpha value is -1.67. The number of carbonyl (C=O) groups excluding carboxylic acids is 1. The second-order valence-electron chi connectivity index (χ2n) is 4.18. The van der Waals surface area contributed by atoms with Crippen LogP contribution in [-0.4, -0.2) is 17.0 Å². The van der Waals surface area contributed by atoms with Crippen molar-refractivity contribution in [3.05, 3.63) is 53.6 Å². The smallest absolute Gasteiger partial charge is 0.184 e. The number of benzene rings is 1. The minimum absolute atomic E-state index is 0.258. The van der Waals surface area contributed by atoms with Gasteiger partial charge >= 0.3 is 0 Å². The Balaban J connectivity index is 2.54. The summed E-state index contributed by atoms with van der Waals surface area (Å²) in [4.78, 5) is 11.6. The SMILES string of the molecule is CC(C)=CCC(O)C(=O)/C=C/c1ccccc1. The van der Waals surface area contributed by atoms with Crippen molar-refractivity contribution >= 4 is 11.9 Å². The van der Waals surface area contributed by atoms with E-state index in [0.29, 0.717) is 6.42 Å². The van der Waals surface area contributed by atoms with Crippen molar-refractivity contribution < 1.29 is 9.90 Å². The third-order valence-electron chi connectivity index (χ3n) is 2.32. The summed E-state index contributed by atoms with van der Waals surface area (Å²) in [6.07, 6.45) is 4.44. The van der Waals surface area contributed by atoms with E-state index in [4.69, 9.17) is 0 Å². The molecule has 1 N–H and O–H groups in total. The summed E-state index contributed by atoms with van der Waals surface area (Å²) in [5, 5.41) is 9.60. The number of carbonyl (C=O) groups is 1. The van der Waals surface area contributed by atoms with E-state index < -0.39 is 6.10 Å². The molecule has 0 aliphatic carbocycles. The average molecular weight is 230 g/mol. The third kappa shape index (κ3) is 5.27. The molecule has 1 atom stereocenters. The Morgan fingerprint density at radius 1 is 1.29 bits per heavy atom. The van der Waals surface area contributed by atoms with Gasteiger partial charge in [0.25, 0.3) is 0 Å². The van der Waals surface area contributed by atoms with E-state index in [0.717, 1.165) is 11.1 Å².